The highest BCUT2D eigenvalue weighted by molar-refractivity contribution is 5.03. The van der Waals surface area contributed by atoms with Gasteiger partial charge in [-0.3, -0.25) is 4.90 Å². The van der Waals surface area contributed by atoms with E-state index in [1.165, 1.54) is 45.2 Å². The molecule has 1 aliphatic carbocycles. The molecular weight excluding hydrogens is 208 g/mol. The van der Waals surface area contributed by atoms with Gasteiger partial charge in [0.2, 0.25) is 0 Å². The van der Waals surface area contributed by atoms with Gasteiger partial charge < -0.3 is 5.73 Å². The van der Waals surface area contributed by atoms with Gasteiger partial charge in [-0.15, -0.1) is 0 Å². The number of hydrogen-bond donors (Lipinski definition) is 1. The van der Waals surface area contributed by atoms with Crippen molar-refractivity contribution < 1.29 is 0 Å². The molecule has 1 saturated carbocycles. The van der Waals surface area contributed by atoms with Crippen LogP contribution < -0.4 is 5.73 Å². The lowest BCUT2D eigenvalue weighted by molar-refractivity contribution is 0.0736. The highest BCUT2D eigenvalue weighted by Gasteiger charge is 2.47. The van der Waals surface area contributed by atoms with Crippen LogP contribution in [0.15, 0.2) is 0 Å². The zero-order chi connectivity index (χ0) is 12.5. The molecule has 2 rings (SSSR count). The second kappa shape index (κ2) is 5.27. The summed E-state index contributed by atoms with van der Waals surface area (Å²) in [4.78, 5) is 2.76. The molecule has 2 N–H and O–H groups in total. The predicted molar refractivity (Wildman–Crippen MR) is 73.9 cm³/mol. The van der Waals surface area contributed by atoms with Crippen LogP contribution in [0.2, 0.25) is 0 Å². The van der Waals surface area contributed by atoms with Crippen molar-refractivity contribution >= 4 is 0 Å². The van der Waals surface area contributed by atoms with Gasteiger partial charge in [0.25, 0.3) is 0 Å². The van der Waals surface area contributed by atoms with Crippen LogP contribution >= 0.6 is 0 Å². The first-order valence-corrected chi connectivity index (χ1v) is 7.59. The van der Waals surface area contributed by atoms with Crippen LogP contribution in [0.5, 0.6) is 0 Å². The number of likely N-dealkylation sites (tertiary alicyclic amines) is 1. The number of nitrogens with two attached hydrogens (primary N) is 1. The van der Waals surface area contributed by atoms with Crippen LogP contribution in [0.4, 0.5) is 0 Å². The second-order valence-electron chi connectivity index (χ2n) is 6.54. The van der Waals surface area contributed by atoms with Crippen molar-refractivity contribution in [2.75, 3.05) is 19.6 Å². The van der Waals surface area contributed by atoms with Gasteiger partial charge in [-0.1, -0.05) is 33.6 Å². The molecule has 2 aliphatic rings. The third kappa shape index (κ3) is 2.26. The zero-order valence-electron chi connectivity index (χ0n) is 11.9. The van der Waals surface area contributed by atoms with E-state index in [0.717, 1.165) is 24.3 Å². The highest BCUT2D eigenvalue weighted by atomic mass is 15.2. The first kappa shape index (κ1) is 13.4. The summed E-state index contributed by atoms with van der Waals surface area (Å²) in [5, 5.41) is 0. The Balaban J connectivity index is 2.09. The minimum absolute atomic E-state index is 0.360. The molecule has 0 spiro atoms. The van der Waals surface area contributed by atoms with Crippen LogP contribution in [0.3, 0.4) is 0 Å². The zero-order valence-corrected chi connectivity index (χ0v) is 11.9. The van der Waals surface area contributed by atoms with Crippen LogP contribution in [0.1, 0.15) is 52.9 Å². The monoisotopic (exact) mass is 238 g/mol. The van der Waals surface area contributed by atoms with Gasteiger partial charge in [-0.05, 0) is 43.6 Å². The molecule has 3 unspecified atom stereocenters. The van der Waals surface area contributed by atoms with Crippen molar-refractivity contribution in [2.24, 2.45) is 23.5 Å². The number of hydrogen-bond acceptors (Lipinski definition) is 2. The Labute approximate surface area is 107 Å². The Morgan fingerprint density at radius 2 is 2.12 bits per heavy atom. The van der Waals surface area contributed by atoms with Crippen molar-refractivity contribution in [3.8, 4) is 0 Å². The Hall–Kier alpha value is -0.0800. The Kier molecular flexibility index (Phi) is 4.14. The maximum atomic E-state index is 6.19. The maximum absolute atomic E-state index is 6.19. The molecule has 0 aromatic heterocycles. The van der Waals surface area contributed by atoms with E-state index in [1.807, 2.05) is 0 Å². The average molecular weight is 238 g/mol. The first-order valence-electron chi connectivity index (χ1n) is 7.59. The molecule has 0 aromatic rings. The summed E-state index contributed by atoms with van der Waals surface area (Å²) in [5.74, 6) is 2.58. The third-order valence-corrected chi connectivity index (χ3v) is 5.57. The summed E-state index contributed by atoms with van der Waals surface area (Å²) in [5.41, 5.74) is 6.55. The minimum Gasteiger partial charge on any atom is -0.329 e. The van der Waals surface area contributed by atoms with Crippen molar-refractivity contribution in [2.45, 2.75) is 58.4 Å². The lowest BCUT2D eigenvalue weighted by atomic mass is 9.83. The molecule has 0 bridgehead atoms. The van der Waals surface area contributed by atoms with E-state index in [1.54, 1.807) is 0 Å². The van der Waals surface area contributed by atoms with Crippen molar-refractivity contribution in [1.29, 1.82) is 0 Å². The fraction of sp³-hybridized carbons (Fsp3) is 1.00. The lowest BCUT2D eigenvalue weighted by Gasteiger charge is -2.43. The smallest absolute Gasteiger partial charge is 0.0359 e. The maximum Gasteiger partial charge on any atom is 0.0359 e. The molecule has 2 fully saturated rings. The van der Waals surface area contributed by atoms with E-state index < -0.39 is 0 Å². The minimum atomic E-state index is 0.360. The van der Waals surface area contributed by atoms with Gasteiger partial charge in [-0.25, -0.2) is 0 Å². The van der Waals surface area contributed by atoms with Gasteiger partial charge in [0.05, 0.1) is 0 Å². The van der Waals surface area contributed by atoms with Crippen LogP contribution in [0.25, 0.3) is 0 Å². The summed E-state index contributed by atoms with van der Waals surface area (Å²) in [6.07, 6.45) is 6.82. The van der Waals surface area contributed by atoms with E-state index in [4.69, 9.17) is 5.73 Å². The summed E-state index contributed by atoms with van der Waals surface area (Å²) in [6.45, 7) is 10.5. The largest absolute Gasteiger partial charge is 0.329 e. The molecule has 2 heteroatoms. The van der Waals surface area contributed by atoms with Gasteiger partial charge in [-0.2, -0.15) is 0 Å². The van der Waals surface area contributed by atoms with E-state index in [9.17, 15) is 0 Å². The van der Waals surface area contributed by atoms with E-state index in [2.05, 4.69) is 25.7 Å². The molecule has 100 valence electrons. The molecule has 2 nitrogen and oxygen atoms in total. The summed E-state index contributed by atoms with van der Waals surface area (Å²) in [7, 11) is 0. The van der Waals surface area contributed by atoms with E-state index >= 15 is 0 Å². The molecule has 3 atom stereocenters. The van der Waals surface area contributed by atoms with Crippen LogP contribution in [0, 0.1) is 17.8 Å². The molecule has 17 heavy (non-hydrogen) atoms. The SMILES string of the molecule is CCC1CCCC1(CN)N1CCC(C(C)C)C1. The van der Waals surface area contributed by atoms with Crippen molar-refractivity contribution in [1.82, 2.24) is 4.90 Å². The second-order valence-corrected chi connectivity index (χ2v) is 6.54. The van der Waals surface area contributed by atoms with Crippen LogP contribution in [-0.4, -0.2) is 30.1 Å². The quantitative estimate of drug-likeness (QED) is 0.816. The topological polar surface area (TPSA) is 29.3 Å². The fourth-order valence-corrected chi connectivity index (χ4v) is 4.26. The van der Waals surface area contributed by atoms with E-state index in [0.29, 0.717) is 5.54 Å². The Morgan fingerprint density at radius 3 is 2.65 bits per heavy atom. The Bertz CT molecular complexity index is 251. The highest BCUT2D eigenvalue weighted by Crippen LogP contribution is 2.44. The molecule has 1 saturated heterocycles. The number of rotatable bonds is 4. The molecule has 0 amide bonds. The molecule has 0 aromatic carbocycles. The van der Waals surface area contributed by atoms with Crippen molar-refractivity contribution in [3.63, 3.8) is 0 Å². The lowest BCUT2D eigenvalue weighted by Crippen LogP contribution is -2.55. The molecule has 0 radical (unpaired) electrons. The Morgan fingerprint density at radius 1 is 1.35 bits per heavy atom. The summed E-state index contributed by atoms with van der Waals surface area (Å²) >= 11 is 0. The van der Waals surface area contributed by atoms with E-state index in [-0.39, 0.29) is 0 Å². The first-order chi connectivity index (χ1) is 8.14. The summed E-state index contributed by atoms with van der Waals surface area (Å²) in [6, 6.07) is 0. The van der Waals surface area contributed by atoms with Gasteiger partial charge in [0, 0.05) is 18.6 Å². The number of nitrogens with zero attached hydrogens (tertiary/aromatic N) is 1. The average Bonchev–Trinajstić information content (AvgIpc) is 2.95. The predicted octanol–water partition coefficient (Wildman–Crippen LogP) is 2.87. The van der Waals surface area contributed by atoms with Crippen LogP contribution in [-0.2, 0) is 0 Å². The van der Waals surface area contributed by atoms with Gasteiger partial charge in [0.15, 0.2) is 0 Å². The normalized spacial score (nSPS) is 39.4. The molecular formula is C15H30N2. The van der Waals surface area contributed by atoms with Crippen molar-refractivity contribution in [3.05, 3.63) is 0 Å². The van der Waals surface area contributed by atoms with Gasteiger partial charge in [0.1, 0.15) is 0 Å². The molecule has 1 heterocycles. The van der Waals surface area contributed by atoms with Gasteiger partial charge >= 0.3 is 0 Å². The summed E-state index contributed by atoms with van der Waals surface area (Å²) < 4.78 is 0. The third-order valence-electron chi connectivity index (χ3n) is 5.57. The molecule has 1 aliphatic heterocycles. The fourth-order valence-electron chi connectivity index (χ4n) is 4.26. The standard InChI is InChI=1S/C15H30N2/c1-4-14-6-5-8-15(14,11-16)17-9-7-13(10-17)12(2)3/h12-14H,4-11,16H2,1-3H3.